The molecule has 0 aliphatic carbocycles. The summed E-state index contributed by atoms with van der Waals surface area (Å²) in [6.07, 6.45) is 0. The summed E-state index contributed by atoms with van der Waals surface area (Å²) in [6.45, 7) is 0. The van der Waals surface area contributed by atoms with Gasteiger partial charge in [0.1, 0.15) is 17.3 Å². The number of esters is 2. The van der Waals surface area contributed by atoms with E-state index in [4.69, 9.17) is 15.2 Å². The van der Waals surface area contributed by atoms with Crippen molar-refractivity contribution in [3.05, 3.63) is 87.0 Å². The first-order valence-corrected chi connectivity index (χ1v) is 9.75. The number of anilines is 1. The Labute approximate surface area is 186 Å². The number of rotatable bonds is 4. The lowest BCUT2D eigenvalue weighted by atomic mass is 9.81. The highest BCUT2D eigenvalue weighted by molar-refractivity contribution is 9.10. The summed E-state index contributed by atoms with van der Waals surface area (Å²) in [7, 11) is 2.32. The van der Waals surface area contributed by atoms with Crippen molar-refractivity contribution in [3.8, 4) is 6.07 Å². The average Bonchev–Trinajstić information content (AvgIpc) is 2.78. The number of hydrogen-bond donors (Lipinski definition) is 1. The molecule has 0 amide bonds. The SMILES string of the molecule is COC(=O)C1=C(C(=O)OC)N(c2ccc(F)cc2Br)C(N)=C(C#N)C1c1ccccc1. The minimum Gasteiger partial charge on any atom is -0.466 e. The van der Waals surface area contributed by atoms with E-state index in [-0.39, 0.29) is 32.8 Å². The summed E-state index contributed by atoms with van der Waals surface area (Å²) in [5, 5.41) is 9.95. The highest BCUT2D eigenvalue weighted by Crippen LogP contribution is 2.44. The molecule has 2 N–H and O–H groups in total. The molecule has 0 bridgehead atoms. The van der Waals surface area contributed by atoms with Gasteiger partial charge in [0.25, 0.3) is 0 Å². The van der Waals surface area contributed by atoms with Gasteiger partial charge in [0.2, 0.25) is 0 Å². The first-order chi connectivity index (χ1) is 14.8. The second-order valence-electron chi connectivity index (χ2n) is 6.43. The Hall–Kier alpha value is -3.64. The number of carbonyl (C=O) groups is 2. The van der Waals surface area contributed by atoms with Crippen molar-refractivity contribution in [1.29, 1.82) is 5.26 Å². The minimum atomic E-state index is -0.969. The highest BCUT2D eigenvalue weighted by atomic mass is 79.9. The van der Waals surface area contributed by atoms with Gasteiger partial charge >= 0.3 is 11.9 Å². The van der Waals surface area contributed by atoms with Crippen LogP contribution in [0.2, 0.25) is 0 Å². The summed E-state index contributed by atoms with van der Waals surface area (Å²) >= 11 is 3.25. The van der Waals surface area contributed by atoms with Crippen molar-refractivity contribution in [2.24, 2.45) is 5.73 Å². The monoisotopic (exact) mass is 485 g/mol. The fourth-order valence-corrected chi connectivity index (χ4v) is 3.95. The van der Waals surface area contributed by atoms with E-state index in [0.717, 1.165) is 20.3 Å². The molecule has 31 heavy (non-hydrogen) atoms. The third kappa shape index (κ3) is 3.90. The highest BCUT2D eigenvalue weighted by Gasteiger charge is 2.43. The normalized spacial score (nSPS) is 16.1. The molecule has 1 heterocycles. The quantitative estimate of drug-likeness (QED) is 0.660. The summed E-state index contributed by atoms with van der Waals surface area (Å²) < 4.78 is 23.8. The topological polar surface area (TPSA) is 106 Å². The molecule has 0 saturated carbocycles. The molecule has 1 aliphatic rings. The number of benzene rings is 2. The summed E-state index contributed by atoms with van der Waals surface area (Å²) in [5.41, 5.74) is 6.83. The minimum absolute atomic E-state index is 0.0236. The Balaban J connectivity index is 2.43. The van der Waals surface area contributed by atoms with E-state index in [1.54, 1.807) is 30.3 Å². The predicted octanol–water partition coefficient (Wildman–Crippen LogP) is 3.49. The molecule has 9 heteroatoms. The van der Waals surface area contributed by atoms with Crippen molar-refractivity contribution in [2.75, 3.05) is 19.1 Å². The van der Waals surface area contributed by atoms with Crippen molar-refractivity contribution < 1.29 is 23.5 Å². The van der Waals surface area contributed by atoms with E-state index in [1.165, 1.54) is 17.0 Å². The Morgan fingerprint density at radius 2 is 1.77 bits per heavy atom. The second-order valence-corrected chi connectivity index (χ2v) is 7.29. The molecular weight excluding hydrogens is 469 g/mol. The zero-order chi connectivity index (χ0) is 22.7. The number of allylic oxidation sites excluding steroid dienone is 1. The van der Waals surface area contributed by atoms with Crippen LogP contribution in [0.5, 0.6) is 0 Å². The maximum atomic E-state index is 13.7. The molecule has 0 fully saturated rings. The van der Waals surface area contributed by atoms with Gasteiger partial charge < -0.3 is 15.2 Å². The van der Waals surface area contributed by atoms with Crippen molar-refractivity contribution >= 4 is 33.6 Å². The molecule has 1 atom stereocenters. The van der Waals surface area contributed by atoms with Gasteiger partial charge in [-0.2, -0.15) is 5.26 Å². The van der Waals surface area contributed by atoms with Crippen LogP contribution in [0.1, 0.15) is 11.5 Å². The summed E-state index contributed by atoms with van der Waals surface area (Å²) in [4.78, 5) is 27.0. The molecular formula is C22H17BrFN3O4. The Bertz CT molecular complexity index is 1160. The van der Waals surface area contributed by atoms with E-state index < -0.39 is 23.7 Å². The summed E-state index contributed by atoms with van der Waals surface area (Å²) in [5.74, 6) is -3.31. The number of nitrogens with zero attached hydrogens (tertiary/aromatic N) is 2. The lowest BCUT2D eigenvalue weighted by molar-refractivity contribution is -0.139. The molecule has 7 nitrogen and oxygen atoms in total. The maximum absolute atomic E-state index is 13.7. The lowest BCUT2D eigenvalue weighted by Crippen LogP contribution is -2.41. The van der Waals surface area contributed by atoms with Crippen LogP contribution in [0.4, 0.5) is 10.1 Å². The standard InChI is InChI=1S/C22H17BrFN3O4/c1-30-21(28)18-17(12-6-4-3-5-7-12)14(11-25)20(26)27(19(18)22(29)31-2)16-9-8-13(24)10-15(16)23/h3-10,17H,26H2,1-2H3. The van der Waals surface area contributed by atoms with Crippen LogP contribution in [0, 0.1) is 17.1 Å². The average molecular weight is 486 g/mol. The number of carbonyl (C=O) groups excluding carboxylic acids is 2. The van der Waals surface area contributed by atoms with E-state index in [9.17, 15) is 19.2 Å². The van der Waals surface area contributed by atoms with Crippen molar-refractivity contribution in [2.45, 2.75) is 5.92 Å². The van der Waals surface area contributed by atoms with Gasteiger partial charge in [-0.05, 0) is 39.7 Å². The van der Waals surface area contributed by atoms with Gasteiger partial charge in [-0.1, -0.05) is 30.3 Å². The molecule has 0 saturated heterocycles. The van der Waals surface area contributed by atoms with E-state index in [2.05, 4.69) is 15.9 Å². The third-order valence-corrected chi connectivity index (χ3v) is 5.40. The molecule has 2 aromatic rings. The maximum Gasteiger partial charge on any atom is 0.355 e. The number of hydrogen-bond acceptors (Lipinski definition) is 7. The molecule has 2 aromatic carbocycles. The molecule has 0 aromatic heterocycles. The lowest BCUT2D eigenvalue weighted by Gasteiger charge is -2.36. The number of nitriles is 1. The van der Waals surface area contributed by atoms with Crippen molar-refractivity contribution in [1.82, 2.24) is 0 Å². The first-order valence-electron chi connectivity index (χ1n) is 8.96. The fourth-order valence-electron chi connectivity index (χ4n) is 3.43. The van der Waals surface area contributed by atoms with Gasteiger partial charge in [0.15, 0.2) is 0 Å². The second kappa shape index (κ2) is 9.02. The van der Waals surface area contributed by atoms with E-state index >= 15 is 0 Å². The Kier molecular flexibility index (Phi) is 6.42. The molecule has 158 valence electrons. The zero-order valence-corrected chi connectivity index (χ0v) is 18.1. The summed E-state index contributed by atoms with van der Waals surface area (Å²) in [6, 6.07) is 14.4. The van der Waals surface area contributed by atoms with E-state index in [1.807, 2.05) is 6.07 Å². The van der Waals surface area contributed by atoms with Crippen LogP contribution < -0.4 is 10.6 Å². The van der Waals surface area contributed by atoms with Crippen LogP contribution in [0.25, 0.3) is 0 Å². The molecule has 0 radical (unpaired) electrons. The predicted molar refractivity (Wildman–Crippen MR) is 114 cm³/mol. The Morgan fingerprint density at radius 1 is 1.13 bits per heavy atom. The van der Waals surface area contributed by atoms with Gasteiger partial charge in [-0.15, -0.1) is 0 Å². The van der Waals surface area contributed by atoms with Gasteiger partial charge in [0, 0.05) is 4.47 Å². The molecule has 1 unspecified atom stereocenters. The molecule has 1 aliphatic heterocycles. The van der Waals surface area contributed by atoms with Crippen LogP contribution in [0.15, 0.2) is 75.7 Å². The smallest absolute Gasteiger partial charge is 0.355 e. The van der Waals surface area contributed by atoms with E-state index in [0.29, 0.717) is 5.56 Å². The molecule has 3 rings (SSSR count). The number of halogens is 2. The number of nitrogens with two attached hydrogens (primary N) is 1. The van der Waals surface area contributed by atoms with Gasteiger partial charge in [0.05, 0.1) is 43.0 Å². The van der Waals surface area contributed by atoms with Crippen LogP contribution in [-0.2, 0) is 19.1 Å². The fraction of sp³-hybridized carbons (Fsp3) is 0.136. The number of methoxy groups -OCH3 is 2. The van der Waals surface area contributed by atoms with Crippen LogP contribution in [-0.4, -0.2) is 26.2 Å². The van der Waals surface area contributed by atoms with Crippen LogP contribution >= 0.6 is 15.9 Å². The van der Waals surface area contributed by atoms with Crippen LogP contribution in [0.3, 0.4) is 0 Å². The molecule has 0 spiro atoms. The Morgan fingerprint density at radius 3 is 2.32 bits per heavy atom. The largest absolute Gasteiger partial charge is 0.466 e. The van der Waals surface area contributed by atoms with Gasteiger partial charge in [-0.25, -0.2) is 14.0 Å². The van der Waals surface area contributed by atoms with Gasteiger partial charge in [-0.3, -0.25) is 4.90 Å². The number of ether oxygens (including phenoxy) is 2. The zero-order valence-electron chi connectivity index (χ0n) is 16.6. The third-order valence-electron chi connectivity index (χ3n) is 4.76. The first kappa shape index (κ1) is 22.1. The van der Waals surface area contributed by atoms with Crippen molar-refractivity contribution in [3.63, 3.8) is 0 Å².